The zero-order valence-corrected chi connectivity index (χ0v) is 19.3. The summed E-state index contributed by atoms with van der Waals surface area (Å²) in [6.45, 7) is 5.42. The first kappa shape index (κ1) is 23.8. The lowest BCUT2D eigenvalue weighted by atomic mass is 10.2. The number of hydrogen-bond donors (Lipinski definition) is 1. The predicted octanol–water partition coefficient (Wildman–Crippen LogP) is 2.79. The second-order valence-electron chi connectivity index (χ2n) is 6.85. The second kappa shape index (κ2) is 9.15. The number of nitrogens with one attached hydrogen (secondary N) is 1. The Morgan fingerprint density at radius 3 is 2.10 bits per heavy atom. The third-order valence-corrected chi connectivity index (χ3v) is 8.00. The fourth-order valence-electron chi connectivity index (χ4n) is 2.95. The minimum Gasteiger partial charge on any atom is -0.376 e. The highest BCUT2D eigenvalue weighted by Gasteiger charge is 2.25. The topological polar surface area (TPSA) is 104 Å². The zero-order valence-electron chi connectivity index (χ0n) is 17.7. The Hall–Kier alpha value is -2.43. The Morgan fingerprint density at radius 1 is 0.933 bits per heavy atom. The lowest BCUT2D eigenvalue weighted by Gasteiger charge is -2.22. The van der Waals surface area contributed by atoms with Gasteiger partial charge in [0.1, 0.15) is 0 Å². The molecule has 0 aliphatic heterocycles. The van der Waals surface area contributed by atoms with Crippen LogP contribution in [0, 0.1) is 0 Å². The molecule has 2 aromatic rings. The summed E-state index contributed by atoms with van der Waals surface area (Å²) in [7, 11) is -4.38. The van der Waals surface area contributed by atoms with Crippen molar-refractivity contribution in [2.24, 2.45) is 0 Å². The Kier molecular flexibility index (Phi) is 7.27. The van der Waals surface area contributed by atoms with Crippen LogP contribution in [0.4, 0.5) is 11.4 Å². The van der Waals surface area contributed by atoms with Crippen LogP contribution in [0.3, 0.4) is 0 Å². The molecule has 2 aromatic carbocycles. The van der Waals surface area contributed by atoms with Crippen LogP contribution in [0.5, 0.6) is 0 Å². The number of hydrogen-bond acceptors (Lipinski definition) is 6. The number of rotatable bonds is 9. The third-order valence-electron chi connectivity index (χ3n) is 4.59. The first-order valence-corrected chi connectivity index (χ1v) is 12.3. The average Bonchev–Trinajstić information content (AvgIpc) is 2.68. The lowest BCUT2D eigenvalue weighted by molar-refractivity contribution is 0.101. The Morgan fingerprint density at radius 2 is 1.57 bits per heavy atom. The maximum Gasteiger partial charge on any atom is 0.261 e. The van der Waals surface area contributed by atoms with Gasteiger partial charge in [-0.2, -0.15) is 4.31 Å². The van der Waals surface area contributed by atoms with Crippen molar-refractivity contribution >= 4 is 37.2 Å². The van der Waals surface area contributed by atoms with E-state index in [-0.39, 0.29) is 26.8 Å². The second-order valence-corrected chi connectivity index (χ2v) is 10.5. The molecule has 0 aliphatic carbocycles. The van der Waals surface area contributed by atoms with Crippen molar-refractivity contribution in [1.82, 2.24) is 4.31 Å². The van der Waals surface area contributed by atoms with Gasteiger partial charge in [-0.15, -0.1) is 0 Å². The zero-order chi connectivity index (χ0) is 22.7. The van der Waals surface area contributed by atoms with E-state index in [0.29, 0.717) is 18.8 Å². The first-order chi connectivity index (χ1) is 13.9. The van der Waals surface area contributed by atoms with E-state index in [2.05, 4.69) is 4.72 Å². The molecule has 0 spiro atoms. The largest absolute Gasteiger partial charge is 0.376 e. The molecular formula is C20H27N3O5S2. The van der Waals surface area contributed by atoms with Gasteiger partial charge in [-0.05, 0) is 37.3 Å². The normalized spacial score (nSPS) is 12.1. The van der Waals surface area contributed by atoms with Crippen LogP contribution in [0.2, 0.25) is 0 Å². The van der Waals surface area contributed by atoms with Gasteiger partial charge in [0.15, 0.2) is 5.78 Å². The van der Waals surface area contributed by atoms with Crippen LogP contribution in [0.1, 0.15) is 31.1 Å². The molecule has 164 valence electrons. The molecule has 0 atom stereocenters. The molecule has 0 saturated heterocycles. The fraction of sp³-hybridized carbons (Fsp3) is 0.350. The number of sulfonamides is 2. The number of anilines is 2. The van der Waals surface area contributed by atoms with E-state index in [1.54, 1.807) is 38.9 Å². The SMILES string of the molecule is CCN(CC)S(=O)(=O)c1ccc(N(C)C)c(NS(=O)(=O)c2cccc(C(C)=O)c2)c1. The van der Waals surface area contributed by atoms with E-state index < -0.39 is 20.0 Å². The number of ketones is 1. The molecule has 0 bridgehead atoms. The van der Waals surface area contributed by atoms with Gasteiger partial charge in [-0.25, -0.2) is 16.8 Å². The molecule has 0 saturated carbocycles. The van der Waals surface area contributed by atoms with Crippen molar-refractivity contribution < 1.29 is 21.6 Å². The molecule has 0 heterocycles. The molecular weight excluding hydrogens is 426 g/mol. The van der Waals surface area contributed by atoms with Crippen LogP contribution in [0.25, 0.3) is 0 Å². The lowest BCUT2D eigenvalue weighted by Crippen LogP contribution is -2.30. The van der Waals surface area contributed by atoms with E-state index in [1.165, 1.54) is 47.6 Å². The van der Waals surface area contributed by atoms with Gasteiger partial charge in [-0.3, -0.25) is 9.52 Å². The summed E-state index contributed by atoms with van der Waals surface area (Å²) in [5, 5.41) is 0. The molecule has 0 amide bonds. The summed E-state index contributed by atoms with van der Waals surface area (Å²) in [6, 6.07) is 10.0. The van der Waals surface area contributed by atoms with E-state index in [0.717, 1.165) is 0 Å². The van der Waals surface area contributed by atoms with Gasteiger partial charge < -0.3 is 4.90 Å². The first-order valence-electron chi connectivity index (χ1n) is 9.39. The Balaban J connectivity index is 2.57. The predicted molar refractivity (Wildman–Crippen MR) is 118 cm³/mol. The molecule has 10 heteroatoms. The molecule has 0 aliphatic rings. The minimum atomic E-state index is -4.06. The smallest absolute Gasteiger partial charge is 0.261 e. The molecule has 8 nitrogen and oxygen atoms in total. The highest BCUT2D eigenvalue weighted by atomic mass is 32.2. The van der Waals surface area contributed by atoms with Gasteiger partial charge >= 0.3 is 0 Å². The maximum atomic E-state index is 13.0. The van der Waals surface area contributed by atoms with Crippen molar-refractivity contribution in [2.75, 3.05) is 36.8 Å². The van der Waals surface area contributed by atoms with E-state index in [4.69, 9.17) is 0 Å². The van der Waals surface area contributed by atoms with Crippen molar-refractivity contribution in [2.45, 2.75) is 30.6 Å². The summed E-state index contributed by atoms with van der Waals surface area (Å²) < 4.78 is 55.4. The molecule has 2 rings (SSSR count). The fourth-order valence-corrected chi connectivity index (χ4v) is 5.54. The molecule has 0 fully saturated rings. The minimum absolute atomic E-state index is 0.00742. The number of benzene rings is 2. The summed E-state index contributed by atoms with van der Waals surface area (Å²) in [5.74, 6) is -0.256. The Labute approximate surface area is 178 Å². The quantitative estimate of drug-likeness (QED) is 0.586. The Bertz CT molecular complexity index is 1140. The molecule has 0 aromatic heterocycles. The van der Waals surface area contributed by atoms with Crippen molar-refractivity contribution in [1.29, 1.82) is 0 Å². The van der Waals surface area contributed by atoms with Crippen LogP contribution >= 0.6 is 0 Å². The van der Waals surface area contributed by atoms with Gasteiger partial charge in [0.25, 0.3) is 10.0 Å². The summed E-state index contributed by atoms with van der Waals surface area (Å²) in [6.07, 6.45) is 0. The summed E-state index contributed by atoms with van der Waals surface area (Å²) in [5.41, 5.74) is 0.893. The van der Waals surface area contributed by atoms with Gasteiger partial charge in [0, 0.05) is 32.7 Å². The van der Waals surface area contributed by atoms with Gasteiger partial charge in [-0.1, -0.05) is 26.0 Å². The van der Waals surface area contributed by atoms with Crippen LogP contribution in [-0.4, -0.2) is 54.1 Å². The average molecular weight is 454 g/mol. The van der Waals surface area contributed by atoms with Gasteiger partial charge in [0.05, 0.1) is 21.2 Å². The molecule has 0 unspecified atom stereocenters. The van der Waals surface area contributed by atoms with Crippen LogP contribution < -0.4 is 9.62 Å². The molecule has 1 N–H and O–H groups in total. The maximum absolute atomic E-state index is 13.0. The number of carbonyl (C=O) groups excluding carboxylic acids is 1. The number of nitrogens with zero attached hydrogens (tertiary/aromatic N) is 2. The van der Waals surface area contributed by atoms with E-state index >= 15 is 0 Å². The van der Waals surface area contributed by atoms with E-state index in [1.807, 2.05) is 0 Å². The van der Waals surface area contributed by atoms with Crippen LogP contribution in [-0.2, 0) is 20.0 Å². The number of Topliss-reactive ketones (excluding diaryl/α,β-unsaturated/α-hetero) is 1. The highest BCUT2D eigenvalue weighted by molar-refractivity contribution is 7.92. The summed E-state index contributed by atoms with van der Waals surface area (Å²) in [4.78, 5) is 13.2. The van der Waals surface area contributed by atoms with Crippen LogP contribution in [0.15, 0.2) is 52.3 Å². The van der Waals surface area contributed by atoms with E-state index in [9.17, 15) is 21.6 Å². The van der Waals surface area contributed by atoms with Gasteiger partial charge in [0.2, 0.25) is 10.0 Å². The van der Waals surface area contributed by atoms with Crippen molar-refractivity contribution in [3.05, 3.63) is 48.0 Å². The number of carbonyl (C=O) groups is 1. The molecule has 0 radical (unpaired) electrons. The monoisotopic (exact) mass is 453 g/mol. The highest BCUT2D eigenvalue weighted by Crippen LogP contribution is 2.31. The van der Waals surface area contributed by atoms with Crippen molar-refractivity contribution in [3.8, 4) is 0 Å². The molecule has 30 heavy (non-hydrogen) atoms. The third kappa shape index (κ3) is 5.00. The summed E-state index contributed by atoms with van der Waals surface area (Å²) >= 11 is 0. The van der Waals surface area contributed by atoms with Crippen molar-refractivity contribution in [3.63, 3.8) is 0 Å². The standard InChI is InChI=1S/C20H27N3O5S2/c1-6-23(7-2)30(27,28)18-11-12-20(22(4)5)19(14-18)21-29(25,26)17-10-8-9-16(13-17)15(3)24/h8-14,21H,6-7H2,1-5H3.